The van der Waals surface area contributed by atoms with E-state index in [1.54, 1.807) is 12.1 Å². The van der Waals surface area contributed by atoms with Crippen molar-refractivity contribution in [2.45, 2.75) is 36.7 Å². The number of rotatable bonds is 5. The van der Waals surface area contributed by atoms with Gasteiger partial charge in [0.05, 0.1) is 11.4 Å². The van der Waals surface area contributed by atoms with Gasteiger partial charge in [0, 0.05) is 29.8 Å². The monoisotopic (exact) mass is 445 g/mol. The average molecular weight is 446 g/mol. The molecule has 0 radical (unpaired) electrons. The van der Waals surface area contributed by atoms with E-state index in [9.17, 15) is 13.2 Å². The third kappa shape index (κ3) is 3.97. The number of benzene rings is 2. The number of hydrogen-bond acceptors (Lipinski definition) is 3. The van der Waals surface area contributed by atoms with Crippen molar-refractivity contribution in [1.82, 2.24) is 14.2 Å². The molecule has 1 aromatic heterocycles. The van der Waals surface area contributed by atoms with Gasteiger partial charge >= 0.3 is 0 Å². The van der Waals surface area contributed by atoms with Crippen LogP contribution in [0.1, 0.15) is 25.0 Å². The largest absolute Gasteiger partial charge is 0.355 e. The number of aryl methyl sites for hydroxylation is 1. The van der Waals surface area contributed by atoms with E-state index in [4.69, 9.17) is 11.6 Å². The van der Waals surface area contributed by atoms with Crippen molar-refractivity contribution < 1.29 is 13.2 Å². The number of nitrogens with one attached hydrogen (secondary N) is 1. The van der Waals surface area contributed by atoms with Crippen molar-refractivity contribution in [3.8, 4) is 0 Å². The number of carbonyl (C=O) groups excluding carboxylic acids is 1. The summed E-state index contributed by atoms with van der Waals surface area (Å²) < 4.78 is 30.6. The van der Waals surface area contributed by atoms with Gasteiger partial charge in [0.2, 0.25) is 15.9 Å². The number of para-hydroxylation sites is 1. The van der Waals surface area contributed by atoms with Crippen LogP contribution in [0.5, 0.6) is 0 Å². The standard InChI is InChI=1S/C22H24ClN3O3S/c1-25-18(14-16-6-2-3-7-20(16)25)15-26(21-8-4-5-13-24-22(21)27)30(28,29)19-11-9-17(23)10-12-19/h2-3,6-7,9-12,14,21H,4-5,8,13,15H2,1H3,(H,24,27)/t21-/m1/s1. The molecule has 2 heterocycles. The predicted molar refractivity (Wildman–Crippen MR) is 118 cm³/mol. The summed E-state index contributed by atoms with van der Waals surface area (Å²) in [6, 6.07) is 15.2. The Kier molecular flexibility index (Phi) is 5.86. The van der Waals surface area contributed by atoms with Crippen LogP contribution in [0.25, 0.3) is 10.9 Å². The van der Waals surface area contributed by atoms with Crippen LogP contribution in [-0.4, -0.2) is 35.8 Å². The molecule has 1 aliphatic heterocycles. The van der Waals surface area contributed by atoms with E-state index in [0.29, 0.717) is 18.0 Å². The SMILES string of the molecule is Cn1c(CN([C@@H]2CCCCNC2=O)S(=O)(=O)c2ccc(Cl)cc2)cc2ccccc21. The zero-order valence-corrected chi connectivity index (χ0v) is 18.3. The summed E-state index contributed by atoms with van der Waals surface area (Å²) in [5.74, 6) is -0.246. The number of hydrogen-bond donors (Lipinski definition) is 1. The van der Waals surface area contributed by atoms with Gasteiger partial charge in [-0.15, -0.1) is 0 Å². The van der Waals surface area contributed by atoms with E-state index in [1.165, 1.54) is 16.4 Å². The third-order valence-electron chi connectivity index (χ3n) is 5.64. The molecule has 1 amide bonds. The van der Waals surface area contributed by atoms with Gasteiger partial charge in [0.25, 0.3) is 0 Å². The van der Waals surface area contributed by atoms with Crippen molar-refractivity contribution >= 4 is 38.4 Å². The normalized spacial score (nSPS) is 17.8. The van der Waals surface area contributed by atoms with Gasteiger partial charge in [-0.05, 0) is 61.0 Å². The second-order valence-electron chi connectivity index (χ2n) is 7.56. The number of nitrogens with zero attached hydrogens (tertiary/aromatic N) is 2. The summed E-state index contributed by atoms with van der Waals surface area (Å²) in [4.78, 5) is 12.9. The fraction of sp³-hybridized carbons (Fsp3) is 0.318. The second kappa shape index (κ2) is 8.41. The van der Waals surface area contributed by atoms with Crippen LogP contribution in [0.2, 0.25) is 5.02 Å². The lowest BCUT2D eigenvalue weighted by molar-refractivity contribution is -0.124. The summed E-state index contributed by atoms with van der Waals surface area (Å²) in [6.45, 7) is 0.673. The Balaban J connectivity index is 1.79. The summed E-state index contributed by atoms with van der Waals surface area (Å²) in [5.41, 5.74) is 1.84. The lowest BCUT2D eigenvalue weighted by atomic mass is 10.1. The highest BCUT2D eigenvalue weighted by Gasteiger charge is 2.37. The first-order valence-electron chi connectivity index (χ1n) is 9.96. The Morgan fingerprint density at radius 2 is 1.87 bits per heavy atom. The highest BCUT2D eigenvalue weighted by molar-refractivity contribution is 7.89. The maximum Gasteiger partial charge on any atom is 0.244 e. The predicted octanol–water partition coefficient (Wildman–Crippen LogP) is 3.69. The Bertz CT molecular complexity index is 1170. The number of carbonyl (C=O) groups is 1. The molecule has 1 fully saturated rings. The van der Waals surface area contributed by atoms with Crippen LogP contribution in [-0.2, 0) is 28.4 Å². The van der Waals surface area contributed by atoms with E-state index in [2.05, 4.69) is 5.32 Å². The molecule has 0 spiro atoms. The molecular formula is C22H24ClN3O3S. The Morgan fingerprint density at radius 1 is 1.13 bits per heavy atom. The van der Waals surface area contributed by atoms with Crippen LogP contribution in [0.3, 0.4) is 0 Å². The molecular weight excluding hydrogens is 422 g/mol. The molecule has 6 nitrogen and oxygen atoms in total. The average Bonchev–Trinajstić information content (AvgIpc) is 2.89. The number of amides is 1. The Labute approximate surface area is 181 Å². The molecule has 30 heavy (non-hydrogen) atoms. The van der Waals surface area contributed by atoms with Gasteiger partial charge in [-0.3, -0.25) is 4.79 Å². The highest BCUT2D eigenvalue weighted by atomic mass is 35.5. The molecule has 0 unspecified atom stereocenters. The smallest absolute Gasteiger partial charge is 0.244 e. The third-order valence-corrected chi connectivity index (χ3v) is 7.76. The lowest BCUT2D eigenvalue weighted by Gasteiger charge is -2.29. The number of aromatic nitrogens is 1. The van der Waals surface area contributed by atoms with Crippen molar-refractivity contribution in [3.63, 3.8) is 0 Å². The van der Waals surface area contributed by atoms with E-state index < -0.39 is 16.1 Å². The summed E-state index contributed by atoms with van der Waals surface area (Å²) in [5, 5.41) is 4.35. The topological polar surface area (TPSA) is 71.4 Å². The summed E-state index contributed by atoms with van der Waals surface area (Å²) >= 11 is 5.95. The van der Waals surface area contributed by atoms with Gasteiger partial charge in [-0.2, -0.15) is 4.31 Å². The van der Waals surface area contributed by atoms with Crippen LogP contribution in [0.15, 0.2) is 59.5 Å². The van der Waals surface area contributed by atoms with Crippen molar-refractivity contribution in [3.05, 3.63) is 65.3 Å². The van der Waals surface area contributed by atoms with Gasteiger partial charge < -0.3 is 9.88 Å². The fourth-order valence-corrected chi connectivity index (χ4v) is 5.68. The van der Waals surface area contributed by atoms with Crippen LogP contribution in [0, 0.1) is 0 Å². The van der Waals surface area contributed by atoms with Crippen molar-refractivity contribution in [1.29, 1.82) is 0 Å². The first kappa shape index (κ1) is 20.9. The molecule has 2 aromatic carbocycles. The molecule has 0 saturated carbocycles. The number of fused-ring (bicyclic) bond motifs is 1. The molecule has 3 aromatic rings. The minimum Gasteiger partial charge on any atom is -0.355 e. The zero-order valence-electron chi connectivity index (χ0n) is 16.7. The summed E-state index contributed by atoms with van der Waals surface area (Å²) in [6.07, 6.45) is 2.11. The fourth-order valence-electron chi connectivity index (χ4n) is 3.96. The molecule has 1 aliphatic rings. The number of halogens is 1. The molecule has 0 bridgehead atoms. The van der Waals surface area contributed by atoms with Crippen LogP contribution >= 0.6 is 11.6 Å². The molecule has 4 rings (SSSR count). The Hall–Kier alpha value is -2.35. The lowest BCUT2D eigenvalue weighted by Crippen LogP contribution is -2.48. The first-order valence-corrected chi connectivity index (χ1v) is 11.8. The first-order chi connectivity index (χ1) is 14.4. The van der Waals surface area contributed by atoms with Gasteiger partial charge in [-0.1, -0.05) is 29.8 Å². The molecule has 158 valence electrons. The highest BCUT2D eigenvalue weighted by Crippen LogP contribution is 2.28. The molecule has 1 saturated heterocycles. The summed E-state index contributed by atoms with van der Waals surface area (Å²) in [7, 11) is -2.00. The van der Waals surface area contributed by atoms with Crippen LogP contribution in [0.4, 0.5) is 0 Å². The molecule has 0 aliphatic carbocycles. The van der Waals surface area contributed by atoms with E-state index >= 15 is 0 Å². The quantitative estimate of drug-likeness (QED) is 0.651. The van der Waals surface area contributed by atoms with E-state index in [-0.39, 0.29) is 17.3 Å². The minimum atomic E-state index is -3.92. The molecule has 8 heteroatoms. The maximum atomic E-state index is 13.6. The van der Waals surface area contributed by atoms with E-state index in [1.807, 2.05) is 41.9 Å². The van der Waals surface area contributed by atoms with E-state index in [0.717, 1.165) is 29.4 Å². The van der Waals surface area contributed by atoms with Crippen molar-refractivity contribution in [2.24, 2.45) is 7.05 Å². The molecule has 1 N–H and O–H groups in total. The minimum absolute atomic E-state index is 0.105. The second-order valence-corrected chi connectivity index (χ2v) is 9.89. The van der Waals surface area contributed by atoms with Crippen molar-refractivity contribution in [2.75, 3.05) is 6.54 Å². The Morgan fingerprint density at radius 3 is 2.60 bits per heavy atom. The van der Waals surface area contributed by atoms with Crippen LogP contribution < -0.4 is 5.32 Å². The maximum absolute atomic E-state index is 13.6. The number of sulfonamides is 1. The van der Waals surface area contributed by atoms with Gasteiger partial charge in [-0.25, -0.2) is 8.42 Å². The van der Waals surface area contributed by atoms with Gasteiger partial charge in [0.1, 0.15) is 6.04 Å². The molecule has 1 atom stereocenters. The zero-order chi connectivity index (χ0) is 21.3. The van der Waals surface area contributed by atoms with Gasteiger partial charge in [0.15, 0.2) is 0 Å².